The summed E-state index contributed by atoms with van der Waals surface area (Å²) in [6, 6.07) is 12.5. The second-order valence-corrected chi connectivity index (χ2v) is 11.8. The van der Waals surface area contributed by atoms with E-state index in [1.165, 1.54) is 4.90 Å². The van der Waals surface area contributed by atoms with E-state index in [9.17, 15) is 14.0 Å². The van der Waals surface area contributed by atoms with Gasteiger partial charge in [-0.25, -0.2) is 14.4 Å². The van der Waals surface area contributed by atoms with Crippen molar-refractivity contribution in [3.8, 4) is 28.5 Å². The first kappa shape index (κ1) is 28.0. The first-order valence-corrected chi connectivity index (χ1v) is 14.7. The van der Waals surface area contributed by atoms with E-state index >= 15 is 0 Å². The monoisotopic (exact) mass is 596 g/mol. The molecule has 44 heavy (non-hydrogen) atoms. The number of carbonyl (C=O) groups excluding carboxylic acids is 2. The summed E-state index contributed by atoms with van der Waals surface area (Å²) in [4.78, 5) is 40.7. The Labute approximate surface area is 252 Å². The quantitative estimate of drug-likeness (QED) is 0.291. The highest BCUT2D eigenvalue weighted by atomic mass is 19.1. The molecule has 5 heterocycles. The zero-order valence-corrected chi connectivity index (χ0v) is 24.5. The van der Waals surface area contributed by atoms with Crippen LogP contribution in [0.1, 0.15) is 40.1 Å². The topological polar surface area (TPSA) is 147 Å². The minimum absolute atomic E-state index is 0.0138. The molecule has 1 aromatic carbocycles. The average molecular weight is 597 g/mol. The summed E-state index contributed by atoms with van der Waals surface area (Å²) in [6.07, 6.45) is 2.94. The van der Waals surface area contributed by atoms with Gasteiger partial charge in [0, 0.05) is 48.9 Å². The lowest BCUT2D eigenvalue weighted by Gasteiger charge is -2.33. The van der Waals surface area contributed by atoms with Crippen LogP contribution in [0.4, 0.5) is 4.39 Å². The fraction of sp³-hybridized carbons (Fsp3) is 0.344. The van der Waals surface area contributed by atoms with Crippen molar-refractivity contribution in [3.05, 3.63) is 59.9 Å². The van der Waals surface area contributed by atoms with Gasteiger partial charge in [-0.2, -0.15) is 0 Å². The van der Waals surface area contributed by atoms with Crippen molar-refractivity contribution in [2.75, 3.05) is 20.2 Å². The number of pyridine rings is 2. The van der Waals surface area contributed by atoms with E-state index in [0.29, 0.717) is 40.8 Å². The smallest absolute Gasteiger partial charge is 0.267 e. The van der Waals surface area contributed by atoms with Gasteiger partial charge in [-0.3, -0.25) is 14.6 Å². The molecular formula is C32H33FN8O3. The van der Waals surface area contributed by atoms with Crippen molar-refractivity contribution in [3.63, 3.8) is 0 Å². The molecule has 0 spiro atoms. The molecule has 1 aliphatic carbocycles. The number of hydrogen-bond donors (Lipinski definition) is 2. The number of amides is 2. The SMILES string of the molecule is COc1cc(C(=O)N2C[C@H](N)C[C@@H](F)C2)cc2nc(-c3cc4ccc(-c5ccnc(C(N)=O)c5)nc4n3CC3CC3)n(C)c12. The Morgan fingerprint density at radius 2 is 1.91 bits per heavy atom. The van der Waals surface area contributed by atoms with Crippen LogP contribution < -0.4 is 16.2 Å². The minimum Gasteiger partial charge on any atom is -0.494 e. The molecule has 1 aliphatic heterocycles. The number of primary amides is 1. The van der Waals surface area contributed by atoms with Gasteiger partial charge in [-0.05, 0) is 67.6 Å². The lowest BCUT2D eigenvalue weighted by atomic mass is 10.0. The third-order valence-corrected chi connectivity index (χ3v) is 8.54. The maximum absolute atomic E-state index is 14.3. The van der Waals surface area contributed by atoms with E-state index in [1.54, 1.807) is 37.6 Å². The van der Waals surface area contributed by atoms with Gasteiger partial charge in [0.2, 0.25) is 0 Å². The van der Waals surface area contributed by atoms with Crippen LogP contribution in [-0.2, 0) is 13.6 Å². The Kier molecular flexibility index (Phi) is 6.80. The van der Waals surface area contributed by atoms with E-state index < -0.39 is 18.1 Å². The van der Waals surface area contributed by atoms with Crippen molar-refractivity contribution in [2.45, 2.75) is 38.0 Å². The molecular weight excluding hydrogens is 563 g/mol. The normalized spacial score (nSPS) is 18.7. The lowest BCUT2D eigenvalue weighted by molar-refractivity contribution is 0.0606. The second-order valence-electron chi connectivity index (χ2n) is 11.8. The number of likely N-dealkylation sites (tertiary alicyclic amines) is 1. The highest BCUT2D eigenvalue weighted by Gasteiger charge is 2.30. The highest BCUT2D eigenvalue weighted by molar-refractivity contribution is 6.00. The molecule has 2 fully saturated rings. The second kappa shape index (κ2) is 10.7. The summed E-state index contributed by atoms with van der Waals surface area (Å²) < 4.78 is 24.2. The van der Waals surface area contributed by atoms with Crippen LogP contribution in [0, 0.1) is 5.92 Å². The molecule has 7 rings (SSSR count). The molecule has 4 aromatic heterocycles. The molecule has 11 nitrogen and oxygen atoms in total. The van der Waals surface area contributed by atoms with Gasteiger partial charge >= 0.3 is 0 Å². The minimum atomic E-state index is -1.15. The number of rotatable bonds is 7. The molecule has 0 bridgehead atoms. The summed E-state index contributed by atoms with van der Waals surface area (Å²) in [5.74, 6) is 0.845. The van der Waals surface area contributed by atoms with Crippen LogP contribution in [0.25, 0.3) is 44.8 Å². The zero-order chi connectivity index (χ0) is 30.7. The number of benzene rings is 1. The predicted molar refractivity (Wildman–Crippen MR) is 164 cm³/mol. The Morgan fingerprint density at radius 3 is 2.64 bits per heavy atom. The number of carbonyl (C=O) groups is 2. The van der Waals surface area contributed by atoms with Crippen molar-refractivity contribution in [2.24, 2.45) is 24.4 Å². The number of aryl methyl sites for hydroxylation is 1. The Bertz CT molecular complexity index is 1940. The van der Waals surface area contributed by atoms with E-state index in [-0.39, 0.29) is 24.6 Å². The van der Waals surface area contributed by atoms with Gasteiger partial charge in [0.15, 0.2) is 5.82 Å². The van der Waals surface area contributed by atoms with E-state index in [4.69, 9.17) is 26.2 Å². The van der Waals surface area contributed by atoms with Crippen LogP contribution in [0.3, 0.4) is 0 Å². The molecule has 12 heteroatoms. The summed E-state index contributed by atoms with van der Waals surface area (Å²) >= 11 is 0. The maximum atomic E-state index is 14.3. The van der Waals surface area contributed by atoms with Gasteiger partial charge < -0.3 is 30.2 Å². The summed E-state index contributed by atoms with van der Waals surface area (Å²) in [6.45, 7) is 1.09. The molecule has 4 N–H and O–H groups in total. The van der Waals surface area contributed by atoms with Gasteiger partial charge in [0.1, 0.15) is 28.8 Å². The van der Waals surface area contributed by atoms with Crippen LogP contribution in [0.15, 0.2) is 48.7 Å². The fourth-order valence-corrected chi connectivity index (χ4v) is 6.18. The number of piperidine rings is 1. The number of hydrogen-bond acceptors (Lipinski definition) is 7. The summed E-state index contributed by atoms with van der Waals surface area (Å²) in [7, 11) is 3.48. The standard InChI is InChI=1S/C32H33FN8O3/c1-39-28-24(10-20(12-27(28)44-2)32(43)40-15-21(33)13-22(34)16-40)38-31(39)26-11-19-5-6-23(18-7-8-36-25(9-18)29(35)42)37-30(19)41(26)14-17-3-4-17/h5-12,17,21-22H,3-4,13-16,34H2,1-2H3,(H2,35,42)/t21-,22-/m1/s1. The number of aromatic nitrogens is 5. The number of fused-ring (bicyclic) bond motifs is 2. The molecule has 0 radical (unpaired) electrons. The van der Waals surface area contributed by atoms with E-state index in [0.717, 1.165) is 47.2 Å². The first-order valence-electron chi connectivity index (χ1n) is 14.7. The van der Waals surface area contributed by atoms with Crippen molar-refractivity contribution >= 4 is 33.9 Å². The largest absolute Gasteiger partial charge is 0.494 e. The summed E-state index contributed by atoms with van der Waals surface area (Å²) in [5.41, 5.74) is 16.5. The van der Waals surface area contributed by atoms with Crippen LogP contribution >= 0.6 is 0 Å². The van der Waals surface area contributed by atoms with Gasteiger partial charge in [-0.15, -0.1) is 0 Å². The molecule has 2 aliphatic rings. The van der Waals surface area contributed by atoms with E-state index in [1.807, 2.05) is 23.7 Å². The summed E-state index contributed by atoms with van der Waals surface area (Å²) in [5, 5.41) is 0.950. The average Bonchev–Trinajstić information content (AvgIpc) is 3.68. The third kappa shape index (κ3) is 4.94. The predicted octanol–water partition coefficient (Wildman–Crippen LogP) is 3.68. The Balaban J connectivity index is 1.34. The van der Waals surface area contributed by atoms with Gasteiger partial charge in [-0.1, -0.05) is 0 Å². The molecule has 1 saturated carbocycles. The molecule has 5 aromatic rings. The van der Waals surface area contributed by atoms with Crippen molar-refractivity contribution in [1.29, 1.82) is 0 Å². The number of halogens is 1. The number of nitrogens with two attached hydrogens (primary N) is 2. The number of methoxy groups -OCH3 is 1. The zero-order valence-electron chi connectivity index (χ0n) is 24.5. The van der Waals surface area contributed by atoms with Crippen LogP contribution in [0.2, 0.25) is 0 Å². The highest BCUT2D eigenvalue weighted by Crippen LogP contribution is 2.38. The number of alkyl halides is 1. The molecule has 226 valence electrons. The Hall–Kier alpha value is -4.84. The third-order valence-electron chi connectivity index (χ3n) is 8.54. The number of imidazole rings is 1. The van der Waals surface area contributed by atoms with Crippen LogP contribution in [0.5, 0.6) is 5.75 Å². The molecule has 1 saturated heterocycles. The van der Waals surface area contributed by atoms with Crippen LogP contribution in [-0.4, -0.2) is 73.2 Å². The van der Waals surface area contributed by atoms with Gasteiger partial charge in [0.25, 0.3) is 11.8 Å². The number of ether oxygens (including phenoxy) is 1. The van der Waals surface area contributed by atoms with E-state index in [2.05, 4.69) is 15.6 Å². The maximum Gasteiger partial charge on any atom is 0.267 e. The van der Waals surface area contributed by atoms with Crippen molar-refractivity contribution < 1.29 is 18.7 Å². The lowest BCUT2D eigenvalue weighted by Crippen LogP contribution is -2.50. The molecule has 0 unspecified atom stereocenters. The molecule has 2 atom stereocenters. The Morgan fingerprint density at radius 1 is 1.09 bits per heavy atom. The molecule has 2 amide bonds. The number of nitrogens with zero attached hydrogens (tertiary/aromatic N) is 6. The van der Waals surface area contributed by atoms with Crippen molar-refractivity contribution in [1.82, 2.24) is 29.0 Å². The van der Waals surface area contributed by atoms with Gasteiger partial charge in [0.05, 0.1) is 30.6 Å². The first-order chi connectivity index (χ1) is 21.2. The fourth-order valence-electron chi connectivity index (χ4n) is 6.18.